The van der Waals surface area contributed by atoms with Crippen molar-refractivity contribution in [2.75, 3.05) is 4.90 Å². The molecule has 9 aromatic rings. The van der Waals surface area contributed by atoms with Crippen LogP contribution in [0.2, 0.25) is 0 Å². The summed E-state index contributed by atoms with van der Waals surface area (Å²) < 4.78 is 6.42. The maximum absolute atomic E-state index is 6.42. The number of hydrogen-bond donors (Lipinski definition) is 0. The Bertz CT molecular complexity index is 2540. The first-order valence-corrected chi connectivity index (χ1v) is 15.7. The first-order valence-electron chi connectivity index (χ1n) is 15.7. The van der Waals surface area contributed by atoms with Gasteiger partial charge in [-0.05, 0) is 75.3 Å². The summed E-state index contributed by atoms with van der Waals surface area (Å²) >= 11 is 0. The van der Waals surface area contributed by atoms with Crippen LogP contribution in [-0.2, 0) is 0 Å². The van der Waals surface area contributed by atoms with Crippen molar-refractivity contribution in [1.82, 2.24) is 0 Å². The maximum Gasteiger partial charge on any atom is 0.137 e. The Hall–Kier alpha value is -6.12. The molecule has 0 fully saturated rings. The maximum atomic E-state index is 6.42. The number of rotatable bonds is 5. The van der Waals surface area contributed by atoms with E-state index in [1.165, 1.54) is 38.2 Å². The summed E-state index contributed by atoms with van der Waals surface area (Å²) in [6, 6.07) is 62.9. The smallest absolute Gasteiger partial charge is 0.137 e. The van der Waals surface area contributed by atoms with Crippen LogP contribution in [0.25, 0.3) is 65.7 Å². The molecular weight excluding hydrogens is 558 g/mol. The SMILES string of the molecule is c1ccc(-c2ccccc2N(c2ccc3c(c2)oc2ccccc23)c2cc(-c3ccc4ccccc4c3)cc3ccccc23)cc1. The number of nitrogens with zero attached hydrogens (tertiary/aromatic N) is 1. The highest BCUT2D eigenvalue weighted by atomic mass is 16.3. The number of anilines is 3. The van der Waals surface area contributed by atoms with E-state index in [9.17, 15) is 0 Å². The van der Waals surface area contributed by atoms with Gasteiger partial charge in [0.05, 0.1) is 11.4 Å². The lowest BCUT2D eigenvalue weighted by Crippen LogP contribution is -2.12. The fourth-order valence-electron chi connectivity index (χ4n) is 6.80. The van der Waals surface area contributed by atoms with Crippen molar-refractivity contribution < 1.29 is 4.42 Å². The number of hydrogen-bond acceptors (Lipinski definition) is 2. The van der Waals surface area contributed by atoms with Crippen LogP contribution < -0.4 is 4.90 Å². The van der Waals surface area contributed by atoms with E-state index in [4.69, 9.17) is 4.42 Å². The van der Waals surface area contributed by atoms with E-state index in [0.29, 0.717) is 0 Å². The second-order valence-corrected chi connectivity index (χ2v) is 11.8. The molecule has 0 amide bonds. The molecule has 0 aliphatic heterocycles. The van der Waals surface area contributed by atoms with Crippen LogP contribution in [0.4, 0.5) is 17.1 Å². The molecule has 2 nitrogen and oxygen atoms in total. The van der Waals surface area contributed by atoms with E-state index in [-0.39, 0.29) is 0 Å². The highest BCUT2D eigenvalue weighted by molar-refractivity contribution is 6.08. The van der Waals surface area contributed by atoms with Gasteiger partial charge in [-0.25, -0.2) is 0 Å². The van der Waals surface area contributed by atoms with Gasteiger partial charge in [0.25, 0.3) is 0 Å². The molecule has 1 aromatic heterocycles. The van der Waals surface area contributed by atoms with Crippen molar-refractivity contribution in [3.63, 3.8) is 0 Å². The van der Waals surface area contributed by atoms with E-state index < -0.39 is 0 Å². The van der Waals surface area contributed by atoms with Gasteiger partial charge in [0, 0.05) is 33.5 Å². The topological polar surface area (TPSA) is 16.4 Å². The first kappa shape index (κ1) is 26.3. The first-order chi connectivity index (χ1) is 22.8. The zero-order chi connectivity index (χ0) is 30.5. The summed E-state index contributed by atoms with van der Waals surface area (Å²) in [6.07, 6.45) is 0. The van der Waals surface area contributed by atoms with Crippen LogP contribution in [0.3, 0.4) is 0 Å². The quantitative estimate of drug-likeness (QED) is 0.199. The molecule has 2 heteroatoms. The summed E-state index contributed by atoms with van der Waals surface area (Å²) in [5, 5.41) is 7.09. The van der Waals surface area contributed by atoms with Crippen LogP contribution in [-0.4, -0.2) is 0 Å². The van der Waals surface area contributed by atoms with Crippen LogP contribution >= 0.6 is 0 Å². The zero-order valence-corrected chi connectivity index (χ0v) is 25.1. The molecule has 0 N–H and O–H groups in total. The predicted molar refractivity (Wildman–Crippen MR) is 194 cm³/mol. The molecule has 0 spiro atoms. The highest BCUT2D eigenvalue weighted by Gasteiger charge is 2.21. The molecule has 1 heterocycles. The normalized spacial score (nSPS) is 11.5. The average Bonchev–Trinajstić information content (AvgIpc) is 3.50. The lowest BCUT2D eigenvalue weighted by Gasteiger charge is -2.29. The Morgan fingerprint density at radius 2 is 1.02 bits per heavy atom. The minimum atomic E-state index is 0.871. The van der Waals surface area contributed by atoms with Gasteiger partial charge in [-0.2, -0.15) is 0 Å². The summed E-state index contributed by atoms with van der Waals surface area (Å²) in [5.41, 5.74) is 9.71. The molecule has 8 aromatic carbocycles. The minimum absolute atomic E-state index is 0.871. The third kappa shape index (κ3) is 4.43. The van der Waals surface area contributed by atoms with Crippen LogP contribution in [0.15, 0.2) is 180 Å². The number of benzene rings is 8. The van der Waals surface area contributed by atoms with Crippen LogP contribution in [0, 0.1) is 0 Å². The lowest BCUT2D eigenvalue weighted by atomic mass is 9.96. The molecule has 0 aliphatic carbocycles. The molecule has 0 bridgehead atoms. The Morgan fingerprint density at radius 3 is 1.91 bits per heavy atom. The van der Waals surface area contributed by atoms with E-state index in [1.807, 2.05) is 12.1 Å². The Balaban J connectivity index is 1.34. The van der Waals surface area contributed by atoms with Crippen molar-refractivity contribution in [3.05, 3.63) is 176 Å². The van der Waals surface area contributed by atoms with E-state index in [0.717, 1.165) is 44.6 Å². The average molecular weight is 588 g/mol. The second-order valence-electron chi connectivity index (χ2n) is 11.8. The van der Waals surface area contributed by atoms with Gasteiger partial charge in [0.1, 0.15) is 11.2 Å². The number of furan rings is 1. The molecule has 0 radical (unpaired) electrons. The number of fused-ring (bicyclic) bond motifs is 5. The second kappa shape index (κ2) is 10.8. The summed E-state index contributed by atoms with van der Waals surface area (Å²) in [7, 11) is 0. The fourth-order valence-corrected chi connectivity index (χ4v) is 6.80. The fraction of sp³-hybridized carbons (Fsp3) is 0. The van der Waals surface area contributed by atoms with E-state index >= 15 is 0 Å². The lowest BCUT2D eigenvalue weighted by molar-refractivity contribution is 0.669. The Labute approximate surface area is 267 Å². The summed E-state index contributed by atoms with van der Waals surface area (Å²) in [4.78, 5) is 2.40. The summed E-state index contributed by atoms with van der Waals surface area (Å²) in [6.45, 7) is 0. The Morgan fingerprint density at radius 1 is 0.348 bits per heavy atom. The van der Waals surface area contributed by atoms with Crippen molar-refractivity contribution in [2.24, 2.45) is 0 Å². The Kier molecular flexibility index (Phi) is 6.17. The molecule has 46 heavy (non-hydrogen) atoms. The van der Waals surface area contributed by atoms with Crippen LogP contribution in [0.5, 0.6) is 0 Å². The monoisotopic (exact) mass is 587 g/mol. The van der Waals surface area contributed by atoms with Gasteiger partial charge in [0.2, 0.25) is 0 Å². The molecule has 0 unspecified atom stereocenters. The predicted octanol–water partition coefficient (Wildman–Crippen LogP) is 12.7. The highest BCUT2D eigenvalue weighted by Crippen LogP contribution is 2.46. The molecule has 9 rings (SSSR count). The van der Waals surface area contributed by atoms with Gasteiger partial charge in [-0.1, -0.05) is 127 Å². The minimum Gasteiger partial charge on any atom is -0.456 e. The van der Waals surface area contributed by atoms with Gasteiger partial charge in [0.15, 0.2) is 0 Å². The van der Waals surface area contributed by atoms with Gasteiger partial charge in [-0.3, -0.25) is 0 Å². The zero-order valence-electron chi connectivity index (χ0n) is 25.1. The van der Waals surface area contributed by atoms with Crippen LogP contribution in [0.1, 0.15) is 0 Å². The largest absolute Gasteiger partial charge is 0.456 e. The van der Waals surface area contributed by atoms with Gasteiger partial charge >= 0.3 is 0 Å². The number of para-hydroxylation sites is 2. The standard InChI is InChI=1S/C44H29NO/c1-2-13-31(14-3-1)37-17-8-10-20-41(37)45(36-24-25-40-39-19-9-11-21-43(39)46-44(40)29-36)42-28-35(27-34-16-6-7-18-38(34)42)33-23-22-30-12-4-5-15-32(30)26-33/h1-29H. The molecule has 0 atom stereocenters. The van der Waals surface area contributed by atoms with Crippen molar-refractivity contribution in [1.29, 1.82) is 0 Å². The van der Waals surface area contributed by atoms with Gasteiger partial charge in [-0.15, -0.1) is 0 Å². The van der Waals surface area contributed by atoms with Crippen molar-refractivity contribution >= 4 is 60.5 Å². The van der Waals surface area contributed by atoms with E-state index in [1.54, 1.807) is 0 Å². The molecule has 216 valence electrons. The molecule has 0 aliphatic rings. The third-order valence-corrected chi connectivity index (χ3v) is 9.01. The summed E-state index contributed by atoms with van der Waals surface area (Å²) in [5.74, 6) is 0. The van der Waals surface area contributed by atoms with Gasteiger partial charge < -0.3 is 9.32 Å². The van der Waals surface area contributed by atoms with E-state index in [2.05, 4.69) is 169 Å². The molecule has 0 saturated heterocycles. The van der Waals surface area contributed by atoms with Crippen molar-refractivity contribution in [3.8, 4) is 22.3 Å². The molecular formula is C44H29NO. The van der Waals surface area contributed by atoms with Crippen molar-refractivity contribution in [2.45, 2.75) is 0 Å². The molecule has 0 saturated carbocycles. The third-order valence-electron chi connectivity index (χ3n) is 9.01.